The molecular weight excluding hydrogens is 295 g/mol. The summed E-state index contributed by atoms with van der Waals surface area (Å²) in [4.78, 5) is 0. The highest BCUT2D eigenvalue weighted by molar-refractivity contribution is 5.33. The van der Waals surface area contributed by atoms with Crippen molar-refractivity contribution in [1.82, 2.24) is 15.5 Å². The van der Waals surface area contributed by atoms with Crippen LogP contribution in [-0.4, -0.2) is 16.2 Å². The van der Waals surface area contributed by atoms with Gasteiger partial charge in [-0.05, 0) is 24.5 Å². The molecule has 2 atom stereocenters. The molecule has 1 heterocycles. The first kappa shape index (κ1) is 16.5. The van der Waals surface area contributed by atoms with E-state index in [-0.39, 0.29) is 17.5 Å². The van der Waals surface area contributed by atoms with Crippen LogP contribution in [0.5, 0.6) is 0 Å². The van der Waals surface area contributed by atoms with Gasteiger partial charge in [0.25, 0.3) is 0 Å². The van der Waals surface area contributed by atoms with E-state index in [0.29, 0.717) is 18.3 Å². The summed E-state index contributed by atoms with van der Waals surface area (Å²) in [6, 6.07) is 5.46. The Morgan fingerprint density at radius 1 is 1.18 bits per heavy atom. The number of hydrogen-bond acceptors (Lipinski definition) is 4. The van der Waals surface area contributed by atoms with Gasteiger partial charge in [-0.15, -0.1) is 10.2 Å². The average Bonchev–Trinajstić information content (AvgIpc) is 2.88. The lowest BCUT2D eigenvalue weighted by atomic mass is 9.90. The summed E-state index contributed by atoms with van der Waals surface area (Å²) in [6.07, 6.45) is -4.35. The molecular formula is C15H18F3N3O. The number of halogens is 3. The van der Waals surface area contributed by atoms with Gasteiger partial charge in [-0.3, -0.25) is 0 Å². The molecule has 0 amide bonds. The maximum absolute atomic E-state index is 13.1. The second-order valence-corrected chi connectivity index (χ2v) is 5.26. The lowest BCUT2D eigenvalue weighted by Gasteiger charge is -2.24. The molecule has 7 heteroatoms. The van der Waals surface area contributed by atoms with E-state index in [0.717, 1.165) is 6.07 Å². The van der Waals surface area contributed by atoms with E-state index >= 15 is 0 Å². The Labute approximate surface area is 126 Å². The topological polar surface area (TPSA) is 51.0 Å². The minimum Gasteiger partial charge on any atom is -0.424 e. The summed E-state index contributed by atoms with van der Waals surface area (Å²) in [5, 5.41) is 10.7. The third-order valence-electron chi connectivity index (χ3n) is 3.65. The minimum atomic E-state index is -4.35. The van der Waals surface area contributed by atoms with Crippen molar-refractivity contribution < 1.29 is 17.6 Å². The standard InChI is InChI=1S/C15H18F3N3O/c1-9(10(2)19-8-14-21-20-11(3)22-14)12-6-4-5-7-13(12)15(16,17)18/h4-7,9-10,19H,8H2,1-3H3/t9-,10+/m1/s1. The first-order valence-corrected chi connectivity index (χ1v) is 6.97. The van der Waals surface area contributed by atoms with Crippen LogP contribution in [0, 0.1) is 6.92 Å². The summed E-state index contributed by atoms with van der Waals surface area (Å²) in [5.41, 5.74) is -0.318. The molecule has 22 heavy (non-hydrogen) atoms. The minimum absolute atomic E-state index is 0.185. The summed E-state index contributed by atoms with van der Waals surface area (Å²) < 4.78 is 44.4. The summed E-state index contributed by atoms with van der Waals surface area (Å²) >= 11 is 0. The zero-order valence-corrected chi connectivity index (χ0v) is 12.6. The van der Waals surface area contributed by atoms with Crippen molar-refractivity contribution in [1.29, 1.82) is 0 Å². The van der Waals surface area contributed by atoms with E-state index in [1.54, 1.807) is 19.9 Å². The van der Waals surface area contributed by atoms with Crippen molar-refractivity contribution in [2.75, 3.05) is 0 Å². The van der Waals surface area contributed by atoms with E-state index < -0.39 is 11.7 Å². The van der Waals surface area contributed by atoms with Gasteiger partial charge in [-0.1, -0.05) is 25.1 Å². The molecule has 0 fully saturated rings. The molecule has 120 valence electrons. The van der Waals surface area contributed by atoms with E-state index in [9.17, 15) is 13.2 Å². The van der Waals surface area contributed by atoms with E-state index in [1.807, 2.05) is 6.92 Å². The molecule has 0 saturated carbocycles. The smallest absolute Gasteiger partial charge is 0.416 e. The third kappa shape index (κ3) is 3.85. The van der Waals surface area contributed by atoms with Crippen LogP contribution in [0.25, 0.3) is 0 Å². The van der Waals surface area contributed by atoms with E-state index in [1.165, 1.54) is 12.1 Å². The highest BCUT2D eigenvalue weighted by Gasteiger charge is 2.34. The fourth-order valence-corrected chi connectivity index (χ4v) is 2.26. The highest BCUT2D eigenvalue weighted by atomic mass is 19.4. The number of hydrogen-bond donors (Lipinski definition) is 1. The van der Waals surface area contributed by atoms with Crippen molar-refractivity contribution in [3.05, 3.63) is 47.2 Å². The Morgan fingerprint density at radius 3 is 2.45 bits per heavy atom. The number of alkyl halides is 3. The van der Waals surface area contributed by atoms with Crippen molar-refractivity contribution in [3.8, 4) is 0 Å². The third-order valence-corrected chi connectivity index (χ3v) is 3.65. The lowest BCUT2D eigenvalue weighted by Crippen LogP contribution is -2.31. The van der Waals surface area contributed by atoms with Gasteiger partial charge in [0, 0.05) is 13.0 Å². The Bertz CT molecular complexity index is 624. The number of nitrogens with one attached hydrogen (secondary N) is 1. The van der Waals surface area contributed by atoms with Crippen LogP contribution in [0.15, 0.2) is 28.7 Å². The number of aromatic nitrogens is 2. The summed E-state index contributed by atoms with van der Waals surface area (Å²) in [7, 11) is 0. The maximum atomic E-state index is 13.1. The molecule has 0 bridgehead atoms. The Kier molecular flexibility index (Phi) is 4.85. The van der Waals surface area contributed by atoms with Gasteiger partial charge in [0.05, 0.1) is 12.1 Å². The van der Waals surface area contributed by atoms with Gasteiger partial charge in [-0.2, -0.15) is 13.2 Å². The van der Waals surface area contributed by atoms with Crippen molar-refractivity contribution in [2.24, 2.45) is 0 Å². The molecule has 4 nitrogen and oxygen atoms in total. The van der Waals surface area contributed by atoms with Crippen LogP contribution >= 0.6 is 0 Å². The van der Waals surface area contributed by atoms with Gasteiger partial charge in [0.1, 0.15) is 0 Å². The zero-order chi connectivity index (χ0) is 16.3. The van der Waals surface area contributed by atoms with Crippen LogP contribution < -0.4 is 5.32 Å². The van der Waals surface area contributed by atoms with Gasteiger partial charge in [0.2, 0.25) is 11.8 Å². The predicted octanol–water partition coefficient (Wildman–Crippen LogP) is 3.68. The SMILES string of the molecule is Cc1nnc(CN[C@@H](C)[C@@H](C)c2ccccc2C(F)(F)F)o1. The Hall–Kier alpha value is -1.89. The van der Waals surface area contributed by atoms with Crippen LogP contribution in [0.4, 0.5) is 13.2 Å². The fraction of sp³-hybridized carbons (Fsp3) is 0.467. The average molecular weight is 313 g/mol. The maximum Gasteiger partial charge on any atom is 0.416 e. The van der Waals surface area contributed by atoms with E-state index in [4.69, 9.17) is 4.42 Å². The monoisotopic (exact) mass is 313 g/mol. The molecule has 2 aromatic rings. The molecule has 1 aromatic carbocycles. The molecule has 0 aliphatic heterocycles. The fourth-order valence-electron chi connectivity index (χ4n) is 2.26. The van der Waals surface area contributed by atoms with Gasteiger partial charge in [0.15, 0.2) is 0 Å². The van der Waals surface area contributed by atoms with E-state index in [2.05, 4.69) is 15.5 Å². The number of nitrogens with zero attached hydrogens (tertiary/aromatic N) is 2. The van der Waals surface area contributed by atoms with Gasteiger partial charge >= 0.3 is 6.18 Å². The highest BCUT2D eigenvalue weighted by Crippen LogP contribution is 2.35. The second-order valence-electron chi connectivity index (χ2n) is 5.26. The summed E-state index contributed by atoms with van der Waals surface area (Å²) in [5.74, 6) is 0.558. The molecule has 0 radical (unpaired) electrons. The van der Waals surface area contributed by atoms with Crippen LogP contribution in [0.2, 0.25) is 0 Å². The molecule has 0 spiro atoms. The first-order valence-electron chi connectivity index (χ1n) is 6.97. The number of rotatable bonds is 5. The lowest BCUT2D eigenvalue weighted by molar-refractivity contribution is -0.138. The van der Waals surface area contributed by atoms with Crippen LogP contribution in [0.1, 0.15) is 42.7 Å². The van der Waals surface area contributed by atoms with Crippen LogP contribution in [-0.2, 0) is 12.7 Å². The molecule has 0 unspecified atom stereocenters. The summed E-state index contributed by atoms with van der Waals surface area (Å²) in [6.45, 7) is 5.60. The zero-order valence-electron chi connectivity index (χ0n) is 12.6. The molecule has 0 aliphatic rings. The molecule has 0 saturated heterocycles. The largest absolute Gasteiger partial charge is 0.424 e. The second kappa shape index (κ2) is 6.48. The van der Waals surface area contributed by atoms with Gasteiger partial charge in [-0.25, -0.2) is 0 Å². The van der Waals surface area contributed by atoms with Gasteiger partial charge < -0.3 is 9.73 Å². The molecule has 1 aromatic heterocycles. The predicted molar refractivity (Wildman–Crippen MR) is 75.2 cm³/mol. The Morgan fingerprint density at radius 2 is 1.86 bits per heavy atom. The normalized spacial score (nSPS) is 14.8. The molecule has 0 aliphatic carbocycles. The van der Waals surface area contributed by atoms with Crippen molar-refractivity contribution in [3.63, 3.8) is 0 Å². The molecule has 2 rings (SSSR count). The number of aryl methyl sites for hydroxylation is 1. The quantitative estimate of drug-likeness (QED) is 0.915. The number of benzene rings is 1. The van der Waals surface area contributed by atoms with Crippen molar-refractivity contribution >= 4 is 0 Å². The van der Waals surface area contributed by atoms with Crippen molar-refractivity contribution in [2.45, 2.75) is 45.5 Å². The van der Waals surface area contributed by atoms with Crippen LogP contribution in [0.3, 0.4) is 0 Å². The molecule has 1 N–H and O–H groups in total. The Balaban J connectivity index is 2.09. The first-order chi connectivity index (χ1) is 10.3.